The maximum atomic E-state index is 12.1. The summed E-state index contributed by atoms with van der Waals surface area (Å²) in [5.41, 5.74) is 5.57. The Morgan fingerprint density at radius 1 is 1.13 bits per heavy atom. The van der Waals surface area contributed by atoms with E-state index < -0.39 is 0 Å². The van der Waals surface area contributed by atoms with Gasteiger partial charge in [-0.2, -0.15) is 0 Å². The van der Waals surface area contributed by atoms with Crippen LogP contribution in [-0.2, 0) is 17.9 Å². The number of nitrogens with zero attached hydrogens (tertiary/aromatic N) is 1. The molecule has 1 aliphatic heterocycles. The largest absolute Gasteiger partial charge is 0.489 e. The van der Waals surface area contributed by atoms with Crippen molar-refractivity contribution >= 4 is 17.0 Å². The van der Waals surface area contributed by atoms with Crippen LogP contribution in [0.3, 0.4) is 0 Å². The molecule has 0 radical (unpaired) electrons. The number of aromatic amines is 1. The van der Waals surface area contributed by atoms with Crippen molar-refractivity contribution < 1.29 is 14.3 Å². The Hall–Kier alpha value is -3.64. The van der Waals surface area contributed by atoms with Crippen LogP contribution >= 0.6 is 0 Å². The Morgan fingerprint density at radius 2 is 1.97 bits per heavy atom. The number of para-hydroxylation sites is 2. The molecule has 5 rings (SSSR count). The molecule has 2 N–H and O–H groups in total. The number of H-pyrrole nitrogens is 1. The number of benzene rings is 3. The van der Waals surface area contributed by atoms with Gasteiger partial charge in [0.05, 0.1) is 36.3 Å². The van der Waals surface area contributed by atoms with E-state index in [4.69, 9.17) is 9.47 Å². The summed E-state index contributed by atoms with van der Waals surface area (Å²) in [5, 5.41) is 3.61. The first-order valence-electron chi connectivity index (χ1n) is 9.83. The molecule has 0 amide bonds. The van der Waals surface area contributed by atoms with Gasteiger partial charge in [-0.3, -0.25) is 5.32 Å². The Kier molecular flexibility index (Phi) is 4.69. The Morgan fingerprint density at radius 3 is 2.83 bits per heavy atom. The topological polar surface area (TPSA) is 76.2 Å². The predicted molar refractivity (Wildman–Crippen MR) is 113 cm³/mol. The number of methoxy groups -OCH3 is 1. The summed E-state index contributed by atoms with van der Waals surface area (Å²) in [7, 11) is 1.39. The molecule has 6 heteroatoms. The van der Waals surface area contributed by atoms with Gasteiger partial charge in [-0.25, -0.2) is 9.78 Å². The van der Waals surface area contributed by atoms with Crippen LogP contribution in [0.25, 0.3) is 11.0 Å². The number of ether oxygens (including phenoxy) is 2. The molecule has 0 aliphatic carbocycles. The fourth-order valence-corrected chi connectivity index (χ4v) is 3.93. The highest BCUT2D eigenvalue weighted by Crippen LogP contribution is 2.36. The average Bonchev–Trinajstić information content (AvgIpc) is 3.14. The molecule has 0 spiro atoms. The third-order valence-electron chi connectivity index (χ3n) is 5.40. The van der Waals surface area contributed by atoms with Crippen molar-refractivity contribution in [2.45, 2.75) is 19.2 Å². The molecule has 1 aromatic heterocycles. The number of aromatic nitrogens is 2. The Bertz CT molecular complexity index is 1200. The summed E-state index contributed by atoms with van der Waals surface area (Å²) in [5.74, 6) is 1.23. The lowest BCUT2D eigenvalue weighted by Crippen LogP contribution is -2.23. The Labute approximate surface area is 173 Å². The minimum Gasteiger partial charge on any atom is -0.489 e. The van der Waals surface area contributed by atoms with Gasteiger partial charge < -0.3 is 14.5 Å². The molecule has 30 heavy (non-hydrogen) atoms. The van der Waals surface area contributed by atoms with Crippen LogP contribution in [0.2, 0.25) is 0 Å². The summed E-state index contributed by atoms with van der Waals surface area (Å²) >= 11 is 0. The lowest BCUT2D eigenvalue weighted by atomic mass is 9.94. The summed E-state index contributed by atoms with van der Waals surface area (Å²) in [4.78, 5) is 20.1. The van der Waals surface area contributed by atoms with Crippen molar-refractivity contribution in [3.05, 3.63) is 94.8 Å². The zero-order valence-corrected chi connectivity index (χ0v) is 16.5. The van der Waals surface area contributed by atoms with Gasteiger partial charge in [0, 0.05) is 5.56 Å². The highest BCUT2D eigenvalue weighted by Gasteiger charge is 2.26. The van der Waals surface area contributed by atoms with E-state index in [2.05, 4.69) is 27.4 Å². The van der Waals surface area contributed by atoms with Crippen molar-refractivity contribution in [3.63, 3.8) is 0 Å². The van der Waals surface area contributed by atoms with Crippen molar-refractivity contribution in [3.8, 4) is 5.75 Å². The minimum atomic E-state index is -0.369. The number of hydrogen-bond acceptors (Lipinski definition) is 5. The van der Waals surface area contributed by atoms with Crippen LogP contribution in [0.4, 0.5) is 0 Å². The molecule has 1 aliphatic rings. The number of imidazole rings is 1. The molecule has 0 saturated heterocycles. The van der Waals surface area contributed by atoms with E-state index in [0.29, 0.717) is 18.7 Å². The highest BCUT2D eigenvalue weighted by atomic mass is 16.5. The molecule has 3 aromatic carbocycles. The number of rotatable bonds is 4. The summed E-state index contributed by atoms with van der Waals surface area (Å²) < 4.78 is 11.0. The van der Waals surface area contributed by atoms with E-state index in [1.54, 1.807) is 6.07 Å². The smallest absolute Gasteiger partial charge is 0.337 e. The van der Waals surface area contributed by atoms with Crippen LogP contribution in [0.15, 0.2) is 66.7 Å². The van der Waals surface area contributed by atoms with Gasteiger partial charge in [0.2, 0.25) is 0 Å². The number of esters is 1. The second kappa shape index (κ2) is 7.65. The van der Waals surface area contributed by atoms with E-state index in [1.165, 1.54) is 7.11 Å². The van der Waals surface area contributed by atoms with Gasteiger partial charge in [-0.1, -0.05) is 36.4 Å². The maximum absolute atomic E-state index is 12.1. The molecule has 0 fully saturated rings. The molecule has 0 bridgehead atoms. The van der Waals surface area contributed by atoms with E-state index in [0.717, 1.165) is 39.3 Å². The van der Waals surface area contributed by atoms with E-state index in [-0.39, 0.29) is 12.0 Å². The molecule has 4 aromatic rings. The van der Waals surface area contributed by atoms with Crippen LogP contribution in [-0.4, -0.2) is 23.0 Å². The van der Waals surface area contributed by atoms with Gasteiger partial charge in [-0.15, -0.1) is 0 Å². The maximum Gasteiger partial charge on any atom is 0.337 e. The van der Waals surface area contributed by atoms with Gasteiger partial charge in [0.15, 0.2) is 0 Å². The number of fused-ring (bicyclic) bond motifs is 3. The predicted octanol–water partition coefficient (Wildman–Crippen LogP) is 4.12. The summed E-state index contributed by atoms with van der Waals surface area (Å²) in [6.07, 6.45) is 0. The van der Waals surface area contributed by atoms with Gasteiger partial charge in [0.1, 0.15) is 18.2 Å². The standard InChI is InChI=1S/C24H21N3O3/c1-29-24(28)15-10-11-21-18(12-15)23(17-7-3-2-6-16(17)14-30-21)25-13-22-26-19-8-4-5-9-20(19)27-22/h2-12,23,25H,13-14H2,1H3,(H,26,27). The number of carbonyl (C=O) groups excluding carboxylic acids is 1. The van der Waals surface area contributed by atoms with E-state index in [1.807, 2.05) is 48.5 Å². The van der Waals surface area contributed by atoms with Gasteiger partial charge in [0.25, 0.3) is 0 Å². The van der Waals surface area contributed by atoms with Crippen LogP contribution in [0.5, 0.6) is 5.75 Å². The molecular weight excluding hydrogens is 378 g/mol. The van der Waals surface area contributed by atoms with Crippen LogP contribution in [0, 0.1) is 0 Å². The second-order valence-electron chi connectivity index (χ2n) is 7.25. The van der Waals surface area contributed by atoms with Crippen molar-refractivity contribution in [1.82, 2.24) is 15.3 Å². The highest BCUT2D eigenvalue weighted by molar-refractivity contribution is 5.90. The zero-order valence-electron chi connectivity index (χ0n) is 16.5. The molecule has 6 nitrogen and oxygen atoms in total. The second-order valence-corrected chi connectivity index (χ2v) is 7.25. The first kappa shape index (κ1) is 18.4. The first-order chi connectivity index (χ1) is 14.7. The number of nitrogens with one attached hydrogen (secondary N) is 2. The SMILES string of the molecule is COC(=O)c1ccc2c(c1)C(NCc1nc3ccccc3[nH]1)c1ccccc1CO2. The lowest BCUT2D eigenvalue weighted by Gasteiger charge is -2.20. The third kappa shape index (κ3) is 3.31. The van der Waals surface area contributed by atoms with Crippen LogP contribution in [0.1, 0.15) is 38.9 Å². The molecule has 1 atom stereocenters. The fraction of sp³-hybridized carbons (Fsp3) is 0.167. The minimum absolute atomic E-state index is 0.156. The normalized spacial score (nSPS) is 15.0. The van der Waals surface area contributed by atoms with Crippen LogP contribution < -0.4 is 10.1 Å². The Balaban J connectivity index is 1.54. The van der Waals surface area contributed by atoms with E-state index in [9.17, 15) is 4.79 Å². The average molecular weight is 399 g/mol. The molecule has 1 unspecified atom stereocenters. The molecule has 0 saturated carbocycles. The lowest BCUT2D eigenvalue weighted by molar-refractivity contribution is 0.0600. The van der Waals surface area contributed by atoms with E-state index >= 15 is 0 Å². The monoisotopic (exact) mass is 399 g/mol. The third-order valence-corrected chi connectivity index (χ3v) is 5.40. The molecule has 150 valence electrons. The summed E-state index contributed by atoms with van der Waals surface area (Å²) in [6, 6.07) is 21.4. The fourth-order valence-electron chi connectivity index (χ4n) is 3.93. The zero-order chi connectivity index (χ0) is 20.5. The van der Waals surface area contributed by atoms with Gasteiger partial charge >= 0.3 is 5.97 Å². The van der Waals surface area contributed by atoms with Gasteiger partial charge in [-0.05, 0) is 41.5 Å². The van der Waals surface area contributed by atoms with Crippen molar-refractivity contribution in [2.75, 3.05) is 7.11 Å². The van der Waals surface area contributed by atoms with Crippen molar-refractivity contribution in [2.24, 2.45) is 0 Å². The first-order valence-corrected chi connectivity index (χ1v) is 9.83. The number of hydrogen-bond donors (Lipinski definition) is 2. The van der Waals surface area contributed by atoms with Crippen molar-refractivity contribution in [1.29, 1.82) is 0 Å². The number of carbonyl (C=O) groups is 1. The quantitative estimate of drug-likeness (QED) is 0.505. The molecular formula is C24H21N3O3. The summed E-state index contributed by atoms with van der Waals surface area (Å²) in [6.45, 7) is 1.01. The molecule has 2 heterocycles.